The van der Waals surface area contributed by atoms with E-state index in [1.165, 1.54) is 0 Å². The molecule has 4 heteroatoms. The third kappa shape index (κ3) is 4.26. The van der Waals surface area contributed by atoms with E-state index in [2.05, 4.69) is 5.32 Å². The van der Waals surface area contributed by atoms with E-state index in [-0.39, 0.29) is 12.2 Å². The highest BCUT2D eigenvalue weighted by molar-refractivity contribution is 6.02. The standard InChI is InChI=1S/C17H17NO3/c1-12-7-9-14(10-8-12)18-17(21)16(20)11-15(19)13-5-3-2-4-6-13/h2-10,16,20H,11H2,1H3,(H,18,21)/t16-/m1/s1. The summed E-state index contributed by atoms with van der Waals surface area (Å²) in [4.78, 5) is 23.8. The molecule has 0 saturated heterocycles. The first kappa shape index (κ1) is 14.9. The molecule has 2 N–H and O–H groups in total. The summed E-state index contributed by atoms with van der Waals surface area (Å²) in [5.74, 6) is -0.842. The van der Waals surface area contributed by atoms with Crippen LogP contribution in [0.3, 0.4) is 0 Å². The summed E-state index contributed by atoms with van der Waals surface area (Å²) >= 11 is 0. The lowest BCUT2D eigenvalue weighted by molar-refractivity contribution is -0.123. The molecule has 0 saturated carbocycles. The molecule has 0 fully saturated rings. The van der Waals surface area contributed by atoms with E-state index < -0.39 is 12.0 Å². The van der Waals surface area contributed by atoms with E-state index in [0.29, 0.717) is 11.3 Å². The lowest BCUT2D eigenvalue weighted by Gasteiger charge is -2.11. The molecule has 2 rings (SSSR count). The summed E-state index contributed by atoms with van der Waals surface area (Å²) in [7, 11) is 0. The lowest BCUT2D eigenvalue weighted by Crippen LogP contribution is -2.29. The fourth-order valence-corrected chi connectivity index (χ4v) is 1.87. The first-order valence-corrected chi connectivity index (χ1v) is 6.70. The monoisotopic (exact) mass is 283 g/mol. The summed E-state index contributed by atoms with van der Waals surface area (Å²) < 4.78 is 0. The zero-order valence-electron chi connectivity index (χ0n) is 11.7. The van der Waals surface area contributed by atoms with Gasteiger partial charge >= 0.3 is 0 Å². The number of nitrogens with one attached hydrogen (secondary N) is 1. The molecule has 0 unspecified atom stereocenters. The molecule has 4 nitrogen and oxygen atoms in total. The molecule has 0 heterocycles. The quantitative estimate of drug-likeness (QED) is 0.829. The number of hydrogen-bond donors (Lipinski definition) is 2. The van der Waals surface area contributed by atoms with Gasteiger partial charge in [0.25, 0.3) is 5.91 Å². The number of carbonyl (C=O) groups excluding carboxylic acids is 2. The molecule has 21 heavy (non-hydrogen) atoms. The van der Waals surface area contributed by atoms with Crippen LogP contribution in [0, 0.1) is 6.92 Å². The lowest BCUT2D eigenvalue weighted by atomic mass is 10.0. The van der Waals surface area contributed by atoms with Crippen LogP contribution in [0.25, 0.3) is 0 Å². The van der Waals surface area contributed by atoms with Crippen LogP contribution in [-0.2, 0) is 4.79 Å². The molecule has 2 aromatic carbocycles. The number of aliphatic hydroxyl groups excluding tert-OH is 1. The van der Waals surface area contributed by atoms with Crippen molar-refractivity contribution in [2.24, 2.45) is 0 Å². The van der Waals surface area contributed by atoms with Gasteiger partial charge in [0, 0.05) is 17.7 Å². The molecule has 0 spiro atoms. The number of carbonyl (C=O) groups is 2. The van der Waals surface area contributed by atoms with E-state index in [1.54, 1.807) is 42.5 Å². The smallest absolute Gasteiger partial charge is 0.253 e. The third-order valence-corrected chi connectivity index (χ3v) is 3.10. The summed E-state index contributed by atoms with van der Waals surface area (Å²) in [6, 6.07) is 15.8. The van der Waals surface area contributed by atoms with Crippen molar-refractivity contribution in [1.29, 1.82) is 0 Å². The van der Waals surface area contributed by atoms with Gasteiger partial charge in [-0.05, 0) is 19.1 Å². The number of amides is 1. The van der Waals surface area contributed by atoms with Gasteiger partial charge in [0.2, 0.25) is 0 Å². The minimum Gasteiger partial charge on any atom is -0.383 e. The normalized spacial score (nSPS) is 11.7. The second-order valence-electron chi connectivity index (χ2n) is 4.86. The predicted molar refractivity (Wildman–Crippen MR) is 81.2 cm³/mol. The van der Waals surface area contributed by atoms with E-state index in [0.717, 1.165) is 5.56 Å². The van der Waals surface area contributed by atoms with Crippen LogP contribution in [0.1, 0.15) is 22.3 Å². The molecular weight excluding hydrogens is 266 g/mol. The van der Waals surface area contributed by atoms with Crippen LogP contribution in [0.15, 0.2) is 54.6 Å². The Morgan fingerprint density at radius 3 is 2.29 bits per heavy atom. The maximum atomic E-state index is 11.9. The van der Waals surface area contributed by atoms with E-state index in [1.807, 2.05) is 19.1 Å². The fraction of sp³-hybridized carbons (Fsp3) is 0.176. The number of anilines is 1. The Bertz CT molecular complexity index is 620. The highest BCUT2D eigenvalue weighted by Gasteiger charge is 2.19. The molecule has 1 atom stereocenters. The van der Waals surface area contributed by atoms with Crippen molar-refractivity contribution >= 4 is 17.4 Å². The van der Waals surface area contributed by atoms with Crippen molar-refractivity contribution in [3.63, 3.8) is 0 Å². The Kier molecular flexibility index (Phi) is 4.85. The van der Waals surface area contributed by atoms with Gasteiger partial charge in [-0.3, -0.25) is 9.59 Å². The zero-order valence-corrected chi connectivity index (χ0v) is 11.7. The average Bonchev–Trinajstić information content (AvgIpc) is 2.50. The first-order valence-electron chi connectivity index (χ1n) is 6.70. The molecular formula is C17H17NO3. The molecule has 2 aromatic rings. The van der Waals surface area contributed by atoms with Crippen LogP contribution in [-0.4, -0.2) is 22.9 Å². The second-order valence-corrected chi connectivity index (χ2v) is 4.86. The summed E-state index contributed by atoms with van der Waals surface area (Å²) in [6.45, 7) is 1.94. The van der Waals surface area contributed by atoms with Crippen LogP contribution in [0.2, 0.25) is 0 Å². The number of Topliss-reactive ketones (excluding diaryl/α,β-unsaturated/α-hetero) is 1. The molecule has 0 aliphatic rings. The predicted octanol–water partition coefficient (Wildman–Crippen LogP) is 2.57. The highest BCUT2D eigenvalue weighted by Crippen LogP contribution is 2.11. The molecule has 0 bridgehead atoms. The van der Waals surface area contributed by atoms with Gasteiger partial charge in [0.05, 0.1) is 0 Å². The Labute approximate surface area is 123 Å². The number of rotatable bonds is 5. The molecule has 1 amide bonds. The van der Waals surface area contributed by atoms with Crippen molar-refractivity contribution in [3.05, 3.63) is 65.7 Å². The number of hydrogen-bond acceptors (Lipinski definition) is 3. The van der Waals surface area contributed by atoms with Crippen molar-refractivity contribution < 1.29 is 14.7 Å². The number of ketones is 1. The van der Waals surface area contributed by atoms with E-state index >= 15 is 0 Å². The van der Waals surface area contributed by atoms with Gasteiger partial charge in [-0.1, -0.05) is 48.0 Å². The first-order chi connectivity index (χ1) is 10.1. The van der Waals surface area contributed by atoms with Crippen LogP contribution >= 0.6 is 0 Å². The van der Waals surface area contributed by atoms with Crippen molar-refractivity contribution in [1.82, 2.24) is 0 Å². The maximum Gasteiger partial charge on any atom is 0.253 e. The Morgan fingerprint density at radius 1 is 1.05 bits per heavy atom. The van der Waals surface area contributed by atoms with Gasteiger partial charge in [-0.2, -0.15) is 0 Å². The van der Waals surface area contributed by atoms with Crippen molar-refractivity contribution in [2.75, 3.05) is 5.32 Å². The van der Waals surface area contributed by atoms with Gasteiger partial charge in [-0.25, -0.2) is 0 Å². The number of benzene rings is 2. The van der Waals surface area contributed by atoms with E-state index in [9.17, 15) is 14.7 Å². The van der Waals surface area contributed by atoms with Gasteiger partial charge in [0.15, 0.2) is 5.78 Å². The molecule has 0 aliphatic heterocycles. The van der Waals surface area contributed by atoms with Gasteiger partial charge in [0.1, 0.15) is 6.10 Å². The van der Waals surface area contributed by atoms with E-state index in [4.69, 9.17) is 0 Å². The minimum atomic E-state index is -1.36. The van der Waals surface area contributed by atoms with Crippen molar-refractivity contribution in [3.8, 4) is 0 Å². The maximum absolute atomic E-state index is 11.9. The molecule has 0 aromatic heterocycles. The molecule has 0 radical (unpaired) electrons. The third-order valence-electron chi connectivity index (χ3n) is 3.10. The van der Waals surface area contributed by atoms with Crippen LogP contribution in [0.5, 0.6) is 0 Å². The van der Waals surface area contributed by atoms with Crippen molar-refractivity contribution in [2.45, 2.75) is 19.4 Å². The van der Waals surface area contributed by atoms with Crippen LogP contribution in [0.4, 0.5) is 5.69 Å². The SMILES string of the molecule is Cc1ccc(NC(=O)[C@H](O)CC(=O)c2ccccc2)cc1. The van der Waals surface area contributed by atoms with Gasteiger partial charge in [-0.15, -0.1) is 0 Å². The molecule has 108 valence electrons. The average molecular weight is 283 g/mol. The molecule has 0 aliphatic carbocycles. The Morgan fingerprint density at radius 2 is 1.67 bits per heavy atom. The summed E-state index contributed by atoms with van der Waals surface area (Å²) in [5.41, 5.74) is 2.16. The summed E-state index contributed by atoms with van der Waals surface area (Å²) in [5, 5.41) is 12.4. The van der Waals surface area contributed by atoms with Crippen LogP contribution < -0.4 is 5.32 Å². The Balaban J connectivity index is 1.93. The second kappa shape index (κ2) is 6.81. The fourth-order valence-electron chi connectivity index (χ4n) is 1.87. The Hall–Kier alpha value is -2.46. The summed E-state index contributed by atoms with van der Waals surface area (Å²) in [6.07, 6.45) is -1.60. The zero-order chi connectivity index (χ0) is 15.2. The highest BCUT2D eigenvalue weighted by atomic mass is 16.3. The topological polar surface area (TPSA) is 66.4 Å². The minimum absolute atomic E-state index is 0.234. The van der Waals surface area contributed by atoms with Gasteiger partial charge < -0.3 is 10.4 Å². The number of aliphatic hydroxyl groups is 1. The number of aryl methyl sites for hydroxylation is 1. The largest absolute Gasteiger partial charge is 0.383 e.